The number of nitrogens with one attached hydrogen (secondary N) is 1. The summed E-state index contributed by atoms with van der Waals surface area (Å²) in [7, 11) is 0. The molecule has 0 bridgehead atoms. The number of hydrogen-bond donors (Lipinski definition) is 1. The van der Waals surface area contributed by atoms with Crippen LogP contribution in [0.1, 0.15) is 31.2 Å². The second-order valence-electron chi connectivity index (χ2n) is 5.97. The standard InChI is InChI=1S/C15H13F4N3O2/c1-14(4-5-14)12(23)20-7-9-3-2-8(6-10(9)16)11-21-13(24-22-11)15(17,18)19/h2-3,6H,4-5,7H2,1H3,(H,20,23). The van der Waals surface area contributed by atoms with Crippen molar-refractivity contribution in [3.63, 3.8) is 0 Å². The van der Waals surface area contributed by atoms with Crippen LogP contribution in [0, 0.1) is 11.2 Å². The van der Waals surface area contributed by atoms with E-state index in [-0.39, 0.29) is 34.8 Å². The molecule has 1 saturated carbocycles. The molecule has 0 aliphatic heterocycles. The van der Waals surface area contributed by atoms with Gasteiger partial charge in [0, 0.05) is 23.1 Å². The summed E-state index contributed by atoms with van der Waals surface area (Å²) in [6, 6.07) is 3.74. The molecule has 3 rings (SSSR count). The third kappa shape index (κ3) is 3.24. The molecule has 1 aromatic carbocycles. The van der Waals surface area contributed by atoms with Crippen molar-refractivity contribution >= 4 is 5.91 Å². The van der Waals surface area contributed by atoms with Crippen LogP contribution in [0.4, 0.5) is 17.6 Å². The van der Waals surface area contributed by atoms with Crippen molar-refractivity contribution in [3.05, 3.63) is 35.5 Å². The van der Waals surface area contributed by atoms with Crippen molar-refractivity contribution in [1.82, 2.24) is 15.5 Å². The first-order valence-corrected chi connectivity index (χ1v) is 7.17. The molecule has 128 valence electrons. The van der Waals surface area contributed by atoms with Crippen LogP contribution in [-0.2, 0) is 17.5 Å². The predicted octanol–water partition coefficient (Wildman–Crippen LogP) is 3.31. The van der Waals surface area contributed by atoms with Crippen molar-refractivity contribution in [2.45, 2.75) is 32.5 Å². The van der Waals surface area contributed by atoms with Gasteiger partial charge < -0.3 is 9.84 Å². The predicted molar refractivity (Wildman–Crippen MR) is 73.9 cm³/mol. The molecule has 0 unspecified atom stereocenters. The molecule has 0 atom stereocenters. The van der Waals surface area contributed by atoms with Crippen molar-refractivity contribution in [2.24, 2.45) is 5.41 Å². The maximum absolute atomic E-state index is 14.1. The first-order chi connectivity index (χ1) is 11.2. The minimum absolute atomic E-state index is 0.000577. The summed E-state index contributed by atoms with van der Waals surface area (Å²) in [5.41, 5.74) is -0.0958. The lowest BCUT2D eigenvalue weighted by Crippen LogP contribution is -2.30. The fourth-order valence-electron chi connectivity index (χ4n) is 2.09. The number of amides is 1. The fraction of sp³-hybridized carbons (Fsp3) is 0.400. The number of carbonyl (C=O) groups excluding carboxylic acids is 1. The van der Waals surface area contributed by atoms with E-state index >= 15 is 0 Å². The third-order valence-corrected chi connectivity index (χ3v) is 3.97. The zero-order valence-electron chi connectivity index (χ0n) is 12.6. The van der Waals surface area contributed by atoms with Gasteiger partial charge in [0.2, 0.25) is 11.7 Å². The fourth-order valence-corrected chi connectivity index (χ4v) is 2.09. The van der Waals surface area contributed by atoms with Gasteiger partial charge in [-0.2, -0.15) is 18.2 Å². The Morgan fingerprint density at radius 1 is 1.38 bits per heavy atom. The highest BCUT2D eigenvalue weighted by Crippen LogP contribution is 2.45. The molecular formula is C15H13F4N3O2. The molecule has 0 radical (unpaired) electrons. The van der Waals surface area contributed by atoms with Crippen LogP contribution < -0.4 is 5.32 Å². The number of aromatic nitrogens is 2. The summed E-state index contributed by atoms with van der Waals surface area (Å²) >= 11 is 0. The Labute approximate surface area is 134 Å². The van der Waals surface area contributed by atoms with Crippen LogP contribution in [-0.4, -0.2) is 16.0 Å². The Hall–Kier alpha value is -2.45. The molecule has 5 nitrogen and oxygen atoms in total. The van der Waals surface area contributed by atoms with E-state index in [0.29, 0.717) is 0 Å². The van der Waals surface area contributed by atoms with Crippen LogP contribution in [0.25, 0.3) is 11.4 Å². The number of carbonyl (C=O) groups is 1. The number of benzene rings is 1. The average molecular weight is 343 g/mol. The van der Waals surface area contributed by atoms with Gasteiger partial charge in [0.05, 0.1) is 0 Å². The van der Waals surface area contributed by atoms with E-state index < -0.39 is 17.9 Å². The Morgan fingerprint density at radius 2 is 2.08 bits per heavy atom. The van der Waals surface area contributed by atoms with E-state index in [2.05, 4.69) is 20.0 Å². The number of hydrogen-bond acceptors (Lipinski definition) is 4. The van der Waals surface area contributed by atoms with Crippen LogP contribution >= 0.6 is 0 Å². The van der Waals surface area contributed by atoms with E-state index in [1.807, 2.05) is 6.92 Å². The highest BCUT2D eigenvalue weighted by Gasteiger charge is 2.44. The lowest BCUT2D eigenvalue weighted by atomic mass is 10.1. The molecule has 0 spiro atoms. The quantitative estimate of drug-likeness (QED) is 0.865. The molecule has 1 amide bonds. The van der Waals surface area contributed by atoms with Crippen LogP contribution in [0.15, 0.2) is 22.7 Å². The lowest BCUT2D eigenvalue weighted by Gasteiger charge is -2.10. The van der Waals surface area contributed by atoms with Gasteiger partial charge in [-0.3, -0.25) is 4.79 Å². The van der Waals surface area contributed by atoms with E-state index in [4.69, 9.17) is 0 Å². The second kappa shape index (κ2) is 5.57. The summed E-state index contributed by atoms with van der Waals surface area (Å²) in [4.78, 5) is 15.0. The molecule has 1 aromatic heterocycles. The van der Waals surface area contributed by atoms with Gasteiger partial charge in [0.15, 0.2) is 0 Å². The Balaban J connectivity index is 1.72. The molecule has 1 fully saturated rings. The summed E-state index contributed by atoms with van der Waals surface area (Å²) < 4.78 is 55.5. The lowest BCUT2D eigenvalue weighted by molar-refractivity contribution is -0.159. The zero-order chi connectivity index (χ0) is 17.5. The number of rotatable bonds is 4. The van der Waals surface area contributed by atoms with Crippen molar-refractivity contribution in [2.75, 3.05) is 0 Å². The normalized spacial score (nSPS) is 16.0. The maximum Gasteiger partial charge on any atom is 0.471 e. The minimum atomic E-state index is -4.76. The van der Waals surface area contributed by atoms with Gasteiger partial charge in [-0.25, -0.2) is 4.39 Å². The first kappa shape index (κ1) is 16.4. The Morgan fingerprint density at radius 3 is 2.62 bits per heavy atom. The highest BCUT2D eigenvalue weighted by molar-refractivity contribution is 5.84. The van der Waals surface area contributed by atoms with Gasteiger partial charge in [0.1, 0.15) is 5.82 Å². The molecule has 9 heteroatoms. The Kier molecular flexibility index (Phi) is 3.81. The molecule has 24 heavy (non-hydrogen) atoms. The van der Waals surface area contributed by atoms with E-state index in [9.17, 15) is 22.4 Å². The van der Waals surface area contributed by atoms with Crippen LogP contribution in [0.3, 0.4) is 0 Å². The largest absolute Gasteiger partial charge is 0.471 e. The molecule has 0 saturated heterocycles. The molecular weight excluding hydrogens is 330 g/mol. The number of nitrogens with zero attached hydrogens (tertiary/aromatic N) is 2. The van der Waals surface area contributed by atoms with E-state index in [0.717, 1.165) is 18.9 Å². The van der Waals surface area contributed by atoms with Crippen LogP contribution in [0.2, 0.25) is 0 Å². The van der Waals surface area contributed by atoms with Crippen molar-refractivity contribution in [3.8, 4) is 11.4 Å². The highest BCUT2D eigenvalue weighted by atomic mass is 19.4. The minimum Gasteiger partial charge on any atom is -0.351 e. The van der Waals surface area contributed by atoms with Gasteiger partial charge in [-0.1, -0.05) is 24.2 Å². The van der Waals surface area contributed by atoms with Gasteiger partial charge in [-0.15, -0.1) is 0 Å². The maximum atomic E-state index is 14.1. The SMILES string of the molecule is CC1(C(=O)NCc2ccc(-c3noc(C(F)(F)F)n3)cc2F)CC1. The summed E-state index contributed by atoms with van der Waals surface area (Å²) in [5.74, 6) is -2.67. The van der Waals surface area contributed by atoms with Crippen molar-refractivity contribution < 1.29 is 26.9 Å². The monoisotopic (exact) mass is 343 g/mol. The van der Waals surface area contributed by atoms with E-state index in [1.165, 1.54) is 12.1 Å². The smallest absolute Gasteiger partial charge is 0.351 e. The summed E-state index contributed by atoms with van der Waals surface area (Å²) in [6.07, 6.45) is -3.15. The average Bonchev–Trinajstić information content (AvgIpc) is 3.07. The van der Waals surface area contributed by atoms with Gasteiger partial charge >= 0.3 is 12.1 Å². The topological polar surface area (TPSA) is 68.0 Å². The van der Waals surface area contributed by atoms with E-state index in [1.54, 1.807) is 0 Å². The number of halogens is 4. The third-order valence-electron chi connectivity index (χ3n) is 3.97. The van der Waals surface area contributed by atoms with Gasteiger partial charge in [0.25, 0.3) is 0 Å². The van der Waals surface area contributed by atoms with Gasteiger partial charge in [-0.05, 0) is 18.9 Å². The zero-order valence-corrected chi connectivity index (χ0v) is 12.6. The summed E-state index contributed by atoms with van der Waals surface area (Å²) in [5, 5.41) is 5.84. The first-order valence-electron chi connectivity index (χ1n) is 7.17. The molecule has 1 N–H and O–H groups in total. The van der Waals surface area contributed by atoms with Crippen molar-refractivity contribution in [1.29, 1.82) is 0 Å². The Bertz CT molecular complexity index is 781. The molecule has 1 heterocycles. The molecule has 2 aromatic rings. The van der Waals surface area contributed by atoms with Crippen LogP contribution in [0.5, 0.6) is 0 Å². The number of alkyl halides is 3. The summed E-state index contributed by atoms with van der Waals surface area (Å²) in [6.45, 7) is 1.83. The molecule has 1 aliphatic rings. The second-order valence-corrected chi connectivity index (χ2v) is 5.97. The molecule has 1 aliphatic carbocycles.